The normalized spacial score (nSPS) is 19.4. The summed E-state index contributed by atoms with van der Waals surface area (Å²) < 4.78 is 37.3. The van der Waals surface area contributed by atoms with Crippen LogP contribution in [-0.2, 0) is 14.3 Å². The zero-order valence-corrected chi connectivity index (χ0v) is 21.9. The topological polar surface area (TPSA) is 75.7 Å². The van der Waals surface area contributed by atoms with Gasteiger partial charge < -0.3 is 25.0 Å². The Kier molecular flexibility index (Phi) is 9.62. The Balaban J connectivity index is 1.66. The molecule has 3 rings (SSSR count). The monoisotopic (exact) mass is 504 g/mol. The van der Waals surface area contributed by atoms with Gasteiger partial charge in [0.1, 0.15) is 5.82 Å². The number of anilines is 1. The molecule has 1 amide bonds. The number of rotatable bonds is 9. The molecule has 1 saturated carbocycles. The van der Waals surface area contributed by atoms with Gasteiger partial charge in [-0.2, -0.15) is 0 Å². The molecule has 0 radical (unpaired) electrons. The third kappa shape index (κ3) is 6.70. The molecule has 1 aliphatic carbocycles. The first kappa shape index (κ1) is 27.8. The van der Waals surface area contributed by atoms with Crippen molar-refractivity contribution >= 4 is 11.6 Å². The van der Waals surface area contributed by atoms with Crippen molar-refractivity contribution in [2.24, 2.45) is 0 Å². The van der Waals surface area contributed by atoms with E-state index in [0.29, 0.717) is 42.6 Å². The van der Waals surface area contributed by atoms with Gasteiger partial charge in [-0.25, -0.2) is 8.78 Å². The molecule has 7 nitrogen and oxygen atoms in total. The summed E-state index contributed by atoms with van der Waals surface area (Å²) in [5.74, 6) is 0.338. The minimum absolute atomic E-state index is 0.0323. The maximum absolute atomic E-state index is 13.1. The zero-order valence-electron chi connectivity index (χ0n) is 21.9. The molecule has 1 aromatic rings. The number of hydrogen-bond donors (Lipinski definition) is 2. The number of carbonyl (C=O) groups is 1. The average molecular weight is 505 g/mol. The minimum Gasteiger partial charge on any atom is -0.375 e. The summed E-state index contributed by atoms with van der Waals surface area (Å²) in [5, 5.41) is 5.95. The van der Waals surface area contributed by atoms with Crippen LogP contribution < -0.4 is 10.6 Å². The molecule has 2 aliphatic rings. The first-order chi connectivity index (χ1) is 17.2. The highest BCUT2D eigenvalue weighted by molar-refractivity contribution is 6.04. The summed E-state index contributed by atoms with van der Waals surface area (Å²) in [4.78, 5) is 19.5. The van der Waals surface area contributed by atoms with E-state index in [4.69, 9.17) is 9.47 Å². The lowest BCUT2D eigenvalue weighted by Crippen LogP contribution is -2.34. The second-order valence-corrected chi connectivity index (χ2v) is 9.30. The van der Waals surface area contributed by atoms with Gasteiger partial charge in [0.2, 0.25) is 0 Å². The molecule has 2 heterocycles. The van der Waals surface area contributed by atoms with Crippen molar-refractivity contribution in [1.29, 1.82) is 0 Å². The Morgan fingerprint density at radius 1 is 1.22 bits per heavy atom. The number of nitrogens with one attached hydrogen (secondary N) is 2. The fourth-order valence-electron chi connectivity index (χ4n) is 4.68. The van der Waals surface area contributed by atoms with E-state index in [1.807, 2.05) is 26.0 Å². The van der Waals surface area contributed by atoms with Gasteiger partial charge in [0.15, 0.2) is 5.79 Å². The molecular formula is C27H38F2N4O3. The molecule has 0 atom stereocenters. The Labute approximate surface area is 212 Å². The van der Waals surface area contributed by atoms with Crippen LogP contribution >= 0.6 is 0 Å². The number of amides is 1. The number of nitrogens with zero attached hydrogens (tertiary/aromatic N) is 2. The van der Waals surface area contributed by atoms with E-state index < -0.39 is 12.2 Å². The molecule has 9 heteroatoms. The van der Waals surface area contributed by atoms with E-state index in [2.05, 4.69) is 15.6 Å². The van der Waals surface area contributed by atoms with Crippen LogP contribution in [0.3, 0.4) is 0 Å². The maximum atomic E-state index is 13.1. The van der Waals surface area contributed by atoms with E-state index in [1.54, 1.807) is 31.3 Å². The fourth-order valence-corrected chi connectivity index (χ4v) is 4.68. The van der Waals surface area contributed by atoms with Crippen LogP contribution in [0.15, 0.2) is 53.1 Å². The van der Waals surface area contributed by atoms with Crippen molar-refractivity contribution < 1.29 is 23.0 Å². The van der Waals surface area contributed by atoms with Crippen LogP contribution in [0, 0.1) is 0 Å². The van der Waals surface area contributed by atoms with Crippen LogP contribution in [0.5, 0.6) is 0 Å². The van der Waals surface area contributed by atoms with Crippen molar-refractivity contribution in [1.82, 2.24) is 15.2 Å². The van der Waals surface area contributed by atoms with E-state index in [0.717, 1.165) is 37.1 Å². The molecule has 1 saturated heterocycles. The van der Waals surface area contributed by atoms with Gasteiger partial charge in [0.05, 0.1) is 25.1 Å². The van der Waals surface area contributed by atoms with Crippen LogP contribution in [0.4, 0.5) is 14.5 Å². The third-order valence-corrected chi connectivity index (χ3v) is 7.06. The number of allylic oxidation sites excluding steroid dienone is 4. The number of carbonyl (C=O) groups excluding carboxylic acids is 1. The van der Waals surface area contributed by atoms with Gasteiger partial charge in [-0.15, -0.1) is 0 Å². The highest BCUT2D eigenvalue weighted by Crippen LogP contribution is 2.41. The number of ether oxygens (including phenoxy) is 2. The highest BCUT2D eigenvalue weighted by atomic mass is 19.3. The molecule has 0 unspecified atom stereocenters. The van der Waals surface area contributed by atoms with Crippen LogP contribution in [0.2, 0.25) is 0 Å². The Bertz CT molecular complexity index is 989. The van der Waals surface area contributed by atoms with Gasteiger partial charge in [0.25, 0.3) is 12.3 Å². The molecule has 1 spiro atoms. The quantitative estimate of drug-likeness (QED) is 0.351. The van der Waals surface area contributed by atoms with E-state index in [9.17, 15) is 13.6 Å². The molecule has 2 fully saturated rings. The lowest BCUT2D eigenvalue weighted by atomic mass is 9.83. The first-order valence-electron chi connectivity index (χ1n) is 12.5. The van der Waals surface area contributed by atoms with Gasteiger partial charge in [-0.3, -0.25) is 9.78 Å². The highest BCUT2D eigenvalue weighted by Gasteiger charge is 2.40. The SMILES string of the molecule is CC/C(C(=O)Nc1ccc(C2CCC3(CC2)OCCO3)nc1)=C(/C)N(C)/C(=C/C=C(\C)C(F)F)NC. The summed E-state index contributed by atoms with van der Waals surface area (Å²) in [7, 11) is 3.50. The molecule has 198 valence electrons. The van der Waals surface area contributed by atoms with E-state index >= 15 is 0 Å². The molecule has 0 aromatic carbocycles. The van der Waals surface area contributed by atoms with Crippen LogP contribution in [0.1, 0.15) is 64.5 Å². The van der Waals surface area contributed by atoms with Gasteiger partial charge >= 0.3 is 0 Å². The minimum atomic E-state index is -2.51. The first-order valence-corrected chi connectivity index (χ1v) is 12.5. The summed E-state index contributed by atoms with van der Waals surface area (Å²) in [6.07, 6.45) is 6.30. The molecule has 0 bridgehead atoms. The maximum Gasteiger partial charge on any atom is 0.259 e. The van der Waals surface area contributed by atoms with Crippen LogP contribution in [0.25, 0.3) is 0 Å². The molecular weight excluding hydrogens is 466 g/mol. The lowest BCUT2D eigenvalue weighted by Gasteiger charge is -2.35. The predicted molar refractivity (Wildman–Crippen MR) is 136 cm³/mol. The zero-order chi connectivity index (χ0) is 26.3. The van der Waals surface area contributed by atoms with Crippen LogP contribution in [-0.4, -0.2) is 55.3 Å². The second kappa shape index (κ2) is 12.5. The molecule has 2 N–H and O–H groups in total. The number of aromatic nitrogens is 1. The lowest BCUT2D eigenvalue weighted by molar-refractivity contribution is -0.178. The fraction of sp³-hybridized carbons (Fsp3) is 0.556. The number of halogens is 2. The van der Waals surface area contributed by atoms with Gasteiger partial charge in [0, 0.05) is 49.8 Å². The Morgan fingerprint density at radius 3 is 2.42 bits per heavy atom. The smallest absolute Gasteiger partial charge is 0.259 e. The molecule has 1 aliphatic heterocycles. The standard InChI is InChI=1S/C27H38F2N4O3/c1-6-22(19(3)33(5)24(30-4)10-7-18(2)25(28)29)26(34)32-21-8-9-23(31-17-21)20-11-13-27(14-12-20)35-15-16-36-27/h7-10,17,20,25,30H,6,11-16H2,1-5H3,(H,32,34)/b18-7+,22-19+,24-10+. The summed E-state index contributed by atoms with van der Waals surface area (Å²) in [6.45, 7) is 6.46. The summed E-state index contributed by atoms with van der Waals surface area (Å²) in [6, 6.07) is 3.86. The number of pyridine rings is 1. The molecule has 1 aromatic heterocycles. The average Bonchev–Trinajstić information content (AvgIpc) is 3.33. The predicted octanol–water partition coefficient (Wildman–Crippen LogP) is 5.31. The summed E-state index contributed by atoms with van der Waals surface area (Å²) in [5.41, 5.74) is 2.91. The van der Waals surface area contributed by atoms with Crippen molar-refractivity contribution in [3.05, 3.63) is 58.8 Å². The second-order valence-electron chi connectivity index (χ2n) is 9.30. The van der Waals surface area contributed by atoms with Crippen molar-refractivity contribution in [2.45, 2.75) is 71.0 Å². The Hall–Kier alpha value is -2.78. The van der Waals surface area contributed by atoms with Crippen molar-refractivity contribution in [2.75, 3.05) is 32.6 Å². The number of alkyl halides is 2. The molecule has 36 heavy (non-hydrogen) atoms. The number of hydrogen-bond acceptors (Lipinski definition) is 6. The van der Waals surface area contributed by atoms with Gasteiger partial charge in [-0.1, -0.05) is 13.0 Å². The Morgan fingerprint density at radius 2 is 1.89 bits per heavy atom. The van der Waals surface area contributed by atoms with E-state index in [1.165, 1.54) is 13.0 Å². The third-order valence-electron chi connectivity index (χ3n) is 7.06. The van der Waals surface area contributed by atoms with E-state index in [-0.39, 0.29) is 11.5 Å². The van der Waals surface area contributed by atoms with Gasteiger partial charge in [-0.05, 0) is 56.9 Å². The van der Waals surface area contributed by atoms with Crippen molar-refractivity contribution in [3.63, 3.8) is 0 Å². The summed E-state index contributed by atoms with van der Waals surface area (Å²) >= 11 is 0. The van der Waals surface area contributed by atoms with Crippen molar-refractivity contribution in [3.8, 4) is 0 Å². The largest absolute Gasteiger partial charge is 0.375 e.